The van der Waals surface area contributed by atoms with E-state index in [0.29, 0.717) is 12.0 Å². The van der Waals surface area contributed by atoms with Crippen LogP contribution in [0.25, 0.3) is 0 Å². The van der Waals surface area contributed by atoms with Gasteiger partial charge in [0.15, 0.2) is 0 Å². The zero-order valence-corrected chi connectivity index (χ0v) is 9.26. The summed E-state index contributed by atoms with van der Waals surface area (Å²) < 4.78 is 0. The summed E-state index contributed by atoms with van der Waals surface area (Å²) >= 11 is 0. The number of aromatic nitrogens is 1. The van der Waals surface area contributed by atoms with E-state index < -0.39 is 0 Å². The summed E-state index contributed by atoms with van der Waals surface area (Å²) in [6.07, 6.45) is 4.96. The first kappa shape index (κ1) is 10.6. The third kappa shape index (κ3) is 2.03. The second kappa shape index (κ2) is 4.73. The molecule has 1 aliphatic rings. The molecule has 2 N–H and O–H groups in total. The van der Waals surface area contributed by atoms with Crippen molar-refractivity contribution in [3.05, 3.63) is 30.1 Å². The molecular weight excluding hydrogens is 186 g/mol. The topological polar surface area (TPSA) is 42.1 Å². The van der Waals surface area contributed by atoms with Crippen molar-refractivity contribution in [1.29, 1.82) is 0 Å². The maximum Gasteiger partial charge on any atom is 0.0389 e. The van der Waals surface area contributed by atoms with Crippen LogP contribution >= 0.6 is 0 Å². The van der Waals surface area contributed by atoms with Gasteiger partial charge in [-0.2, -0.15) is 0 Å². The fraction of sp³-hybridized carbons (Fsp3) is 0.583. The molecule has 1 aromatic heterocycles. The van der Waals surface area contributed by atoms with E-state index in [1.165, 1.54) is 18.5 Å². The quantitative estimate of drug-likeness (QED) is 0.811. The highest BCUT2D eigenvalue weighted by Gasteiger charge is 2.32. The van der Waals surface area contributed by atoms with Crippen LogP contribution in [0, 0.1) is 5.92 Å². The molecule has 0 aromatic carbocycles. The molecule has 3 heteroatoms. The van der Waals surface area contributed by atoms with Crippen LogP contribution in [0.5, 0.6) is 0 Å². The highest BCUT2D eigenvalue weighted by Crippen LogP contribution is 2.35. The molecule has 1 aromatic rings. The van der Waals surface area contributed by atoms with Gasteiger partial charge in [0.05, 0.1) is 0 Å². The molecule has 15 heavy (non-hydrogen) atoms. The van der Waals surface area contributed by atoms with Crippen molar-refractivity contribution in [3.63, 3.8) is 0 Å². The smallest absolute Gasteiger partial charge is 0.0389 e. The molecular formula is C12H19N3. The summed E-state index contributed by atoms with van der Waals surface area (Å²) in [5.41, 5.74) is 7.20. The molecule has 2 rings (SSSR count). The fourth-order valence-corrected chi connectivity index (χ4v) is 2.57. The van der Waals surface area contributed by atoms with E-state index in [2.05, 4.69) is 28.9 Å². The van der Waals surface area contributed by atoms with Crippen molar-refractivity contribution >= 4 is 0 Å². The van der Waals surface area contributed by atoms with Crippen LogP contribution in [0.1, 0.15) is 24.9 Å². The zero-order valence-electron chi connectivity index (χ0n) is 9.26. The minimum atomic E-state index is 0.503. The molecule has 1 saturated heterocycles. The first-order chi connectivity index (χ1) is 7.36. The van der Waals surface area contributed by atoms with Crippen LogP contribution in [0.2, 0.25) is 0 Å². The Bertz CT molecular complexity index is 287. The van der Waals surface area contributed by atoms with Gasteiger partial charge in [-0.05, 0) is 49.7 Å². The molecule has 2 atom stereocenters. The third-order valence-electron chi connectivity index (χ3n) is 3.38. The third-order valence-corrected chi connectivity index (χ3v) is 3.38. The van der Waals surface area contributed by atoms with E-state index in [9.17, 15) is 0 Å². The van der Waals surface area contributed by atoms with Gasteiger partial charge < -0.3 is 5.73 Å². The summed E-state index contributed by atoms with van der Waals surface area (Å²) in [5.74, 6) is 0.604. The van der Waals surface area contributed by atoms with Gasteiger partial charge in [-0.15, -0.1) is 0 Å². The zero-order chi connectivity index (χ0) is 10.7. The first-order valence-corrected chi connectivity index (χ1v) is 5.70. The number of rotatable bonds is 3. The molecule has 0 radical (unpaired) electrons. The van der Waals surface area contributed by atoms with Crippen molar-refractivity contribution < 1.29 is 0 Å². The van der Waals surface area contributed by atoms with E-state index in [1.807, 2.05) is 12.4 Å². The summed E-state index contributed by atoms with van der Waals surface area (Å²) in [6, 6.07) is 4.73. The van der Waals surface area contributed by atoms with Crippen LogP contribution < -0.4 is 5.73 Å². The maximum atomic E-state index is 5.84. The van der Waals surface area contributed by atoms with E-state index in [4.69, 9.17) is 5.73 Å². The van der Waals surface area contributed by atoms with Crippen LogP contribution in [-0.4, -0.2) is 29.5 Å². The summed E-state index contributed by atoms with van der Waals surface area (Å²) in [5, 5.41) is 0. The van der Waals surface area contributed by atoms with Crippen molar-refractivity contribution in [2.45, 2.75) is 19.4 Å². The molecule has 82 valence electrons. The van der Waals surface area contributed by atoms with Gasteiger partial charge in [0.25, 0.3) is 0 Å². The predicted molar refractivity (Wildman–Crippen MR) is 61.4 cm³/mol. The minimum Gasteiger partial charge on any atom is -0.330 e. The standard InChI is InChI=1S/C12H19N3/c1-2-15-8-5-11(9-13)12(15)10-3-6-14-7-4-10/h3-4,6-7,11-12H,2,5,8-9,13H2,1H3. The Labute approximate surface area is 91.3 Å². The van der Waals surface area contributed by atoms with Crippen molar-refractivity contribution in [3.8, 4) is 0 Å². The van der Waals surface area contributed by atoms with Crippen molar-refractivity contribution in [2.75, 3.05) is 19.6 Å². The normalized spacial score (nSPS) is 27.1. The predicted octanol–water partition coefficient (Wildman–Crippen LogP) is 1.42. The second-order valence-electron chi connectivity index (χ2n) is 4.14. The molecule has 3 nitrogen and oxygen atoms in total. The molecule has 0 spiro atoms. The number of pyridine rings is 1. The summed E-state index contributed by atoms with van der Waals surface area (Å²) in [6.45, 7) is 5.27. The Kier molecular flexibility index (Phi) is 3.34. The van der Waals surface area contributed by atoms with Crippen LogP contribution in [0.15, 0.2) is 24.5 Å². The van der Waals surface area contributed by atoms with Gasteiger partial charge in [0, 0.05) is 18.4 Å². The lowest BCUT2D eigenvalue weighted by Crippen LogP contribution is -2.28. The lowest BCUT2D eigenvalue weighted by Gasteiger charge is -2.26. The number of nitrogens with zero attached hydrogens (tertiary/aromatic N) is 2. The summed E-state index contributed by atoms with van der Waals surface area (Å²) in [4.78, 5) is 6.58. The molecule has 1 aliphatic heterocycles. The molecule has 0 saturated carbocycles. The first-order valence-electron chi connectivity index (χ1n) is 5.70. The Balaban J connectivity index is 2.23. The van der Waals surface area contributed by atoms with Crippen molar-refractivity contribution in [1.82, 2.24) is 9.88 Å². The van der Waals surface area contributed by atoms with Gasteiger partial charge in [0.1, 0.15) is 0 Å². The minimum absolute atomic E-state index is 0.503. The molecule has 2 unspecified atom stereocenters. The van der Waals surface area contributed by atoms with Crippen LogP contribution in [0.3, 0.4) is 0 Å². The molecule has 0 bridgehead atoms. The van der Waals surface area contributed by atoms with E-state index >= 15 is 0 Å². The fourth-order valence-electron chi connectivity index (χ4n) is 2.57. The highest BCUT2D eigenvalue weighted by atomic mass is 15.2. The van der Waals surface area contributed by atoms with E-state index in [-0.39, 0.29) is 0 Å². The number of hydrogen-bond acceptors (Lipinski definition) is 3. The van der Waals surface area contributed by atoms with Gasteiger partial charge in [-0.1, -0.05) is 6.92 Å². The maximum absolute atomic E-state index is 5.84. The van der Waals surface area contributed by atoms with Gasteiger partial charge in [0.2, 0.25) is 0 Å². The Morgan fingerprint density at radius 1 is 1.47 bits per heavy atom. The monoisotopic (exact) mass is 205 g/mol. The number of hydrogen-bond donors (Lipinski definition) is 1. The second-order valence-corrected chi connectivity index (χ2v) is 4.14. The Hall–Kier alpha value is -0.930. The van der Waals surface area contributed by atoms with Crippen molar-refractivity contribution in [2.24, 2.45) is 11.7 Å². The van der Waals surface area contributed by atoms with E-state index in [1.54, 1.807) is 0 Å². The average Bonchev–Trinajstić information content (AvgIpc) is 2.72. The Morgan fingerprint density at radius 3 is 2.80 bits per heavy atom. The van der Waals surface area contributed by atoms with Gasteiger partial charge in [-0.25, -0.2) is 0 Å². The largest absolute Gasteiger partial charge is 0.330 e. The lowest BCUT2D eigenvalue weighted by molar-refractivity contribution is 0.242. The number of nitrogens with two attached hydrogens (primary N) is 1. The number of likely N-dealkylation sites (tertiary alicyclic amines) is 1. The SMILES string of the molecule is CCN1CCC(CN)C1c1ccncc1. The van der Waals surface area contributed by atoms with Gasteiger partial charge in [-0.3, -0.25) is 9.88 Å². The molecule has 0 amide bonds. The average molecular weight is 205 g/mol. The van der Waals surface area contributed by atoms with Crippen LogP contribution in [-0.2, 0) is 0 Å². The van der Waals surface area contributed by atoms with Gasteiger partial charge >= 0.3 is 0 Å². The lowest BCUT2D eigenvalue weighted by atomic mass is 9.94. The molecule has 2 heterocycles. The highest BCUT2D eigenvalue weighted by molar-refractivity contribution is 5.18. The molecule has 1 fully saturated rings. The van der Waals surface area contributed by atoms with E-state index in [0.717, 1.165) is 13.1 Å². The molecule has 0 aliphatic carbocycles. The Morgan fingerprint density at radius 2 is 2.20 bits per heavy atom. The van der Waals surface area contributed by atoms with Crippen LogP contribution in [0.4, 0.5) is 0 Å². The summed E-state index contributed by atoms with van der Waals surface area (Å²) in [7, 11) is 0.